The molecule has 82 valence electrons. The number of allylic oxidation sites excluding steroid dienone is 3. The second kappa shape index (κ2) is 3.84. The van der Waals surface area contributed by atoms with Gasteiger partial charge < -0.3 is 5.11 Å². The Bertz CT molecular complexity index is 321. The Morgan fingerprint density at radius 3 is 3.00 bits per heavy atom. The first kappa shape index (κ1) is 10.5. The van der Waals surface area contributed by atoms with Gasteiger partial charge >= 0.3 is 5.97 Å². The number of aliphatic carboxylic acids is 1. The van der Waals surface area contributed by atoms with E-state index < -0.39 is 5.97 Å². The quantitative estimate of drug-likeness (QED) is 0.569. The van der Waals surface area contributed by atoms with Gasteiger partial charge in [0.05, 0.1) is 0 Å². The Morgan fingerprint density at radius 2 is 2.40 bits per heavy atom. The predicted molar refractivity (Wildman–Crippen MR) is 59.5 cm³/mol. The fraction of sp³-hybridized carbons (Fsp3) is 0.615. The molecule has 2 rings (SSSR count). The molecule has 0 aliphatic heterocycles. The van der Waals surface area contributed by atoms with Crippen molar-refractivity contribution < 1.29 is 9.90 Å². The first-order valence-corrected chi connectivity index (χ1v) is 5.72. The van der Waals surface area contributed by atoms with E-state index in [-0.39, 0.29) is 0 Å². The lowest BCUT2D eigenvalue weighted by molar-refractivity contribution is -0.131. The molecule has 0 amide bonds. The minimum atomic E-state index is -0.831. The maximum absolute atomic E-state index is 10.4. The molecule has 0 radical (unpaired) electrons. The topological polar surface area (TPSA) is 37.3 Å². The van der Waals surface area contributed by atoms with Gasteiger partial charge in [0.1, 0.15) is 0 Å². The van der Waals surface area contributed by atoms with Crippen molar-refractivity contribution in [2.75, 3.05) is 0 Å². The summed E-state index contributed by atoms with van der Waals surface area (Å²) in [7, 11) is 0. The molecule has 1 N–H and O–H groups in total. The van der Waals surface area contributed by atoms with Gasteiger partial charge in [0, 0.05) is 6.08 Å². The zero-order valence-corrected chi connectivity index (χ0v) is 9.20. The van der Waals surface area contributed by atoms with Gasteiger partial charge in [-0.3, -0.25) is 0 Å². The maximum atomic E-state index is 10.4. The van der Waals surface area contributed by atoms with Gasteiger partial charge in [0.2, 0.25) is 0 Å². The molecule has 1 spiro atoms. The highest BCUT2D eigenvalue weighted by molar-refractivity contribution is 5.79. The summed E-state index contributed by atoms with van der Waals surface area (Å²) in [5.74, 6) is -0.152. The number of hydrogen-bond acceptors (Lipinski definition) is 1. The fourth-order valence-corrected chi connectivity index (χ4v) is 2.92. The lowest BCUT2D eigenvalue weighted by Gasteiger charge is -2.31. The van der Waals surface area contributed by atoms with Crippen molar-refractivity contribution in [2.45, 2.75) is 39.0 Å². The molecule has 1 fully saturated rings. The summed E-state index contributed by atoms with van der Waals surface area (Å²) in [6.07, 6.45) is 11.4. The highest BCUT2D eigenvalue weighted by atomic mass is 16.4. The molecule has 2 heteroatoms. The zero-order chi connectivity index (χ0) is 10.9. The Kier molecular flexibility index (Phi) is 2.68. The summed E-state index contributed by atoms with van der Waals surface area (Å²) < 4.78 is 0. The van der Waals surface area contributed by atoms with Crippen molar-refractivity contribution in [3.05, 3.63) is 23.8 Å². The van der Waals surface area contributed by atoms with Crippen LogP contribution in [0.15, 0.2) is 23.8 Å². The van der Waals surface area contributed by atoms with Crippen LogP contribution in [0, 0.1) is 11.3 Å². The zero-order valence-electron chi connectivity index (χ0n) is 9.20. The molecule has 0 aromatic heterocycles. The van der Waals surface area contributed by atoms with Crippen LogP contribution in [0.25, 0.3) is 0 Å². The van der Waals surface area contributed by atoms with Gasteiger partial charge in [-0.05, 0) is 50.4 Å². The van der Waals surface area contributed by atoms with Gasteiger partial charge in [0.15, 0.2) is 0 Å². The van der Waals surface area contributed by atoms with E-state index in [1.807, 2.05) is 6.08 Å². The molecule has 0 aromatic rings. The van der Waals surface area contributed by atoms with Crippen LogP contribution in [0.5, 0.6) is 0 Å². The Morgan fingerprint density at radius 1 is 1.67 bits per heavy atom. The normalized spacial score (nSPS) is 28.1. The molecule has 0 bridgehead atoms. The molecule has 2 aliphatic carbocycles. The van der Waals surface area contributed by atoms with Crippen LogP contribution in [-0.2, 0) is 4.79 Å². The van der Waals surface area contributed by atoms with Crippen molar-refractivity contribution in [2.24, 2.45) is 11.3 Å². The third-order valence-electron chi connectivity index (χ3n) is 4.00. The van der Waals surface area contributed by atoms with Crippen LogP contribution in [0.3, 0.4) is 0 Å². The summed E-state index contributed by atoms with van der Waals surface area (Å²) in [6, 6.07) is 0. The first-order chi connectivity index (χ1) is 7.15. The van der Waals surface area contributed by atoms with Crippen LogP contribution in [-0.4, -0.2) is 11.1 Å². The fourth-order valence-electron chi connectivity index (χ4n) is 2.92. The second-order valence-corrected chi connectivity index (χ2v) is 4.79. The molecule has 1 atom stereocenters. The van der Waals surface area contributed by atoms with E-state index in [1.54, 1.807) is 5.57 Å². The smallest absolute Gasteiger partial charge is 0.327 e. The second-order valence-electron chi connectivity index (χ2n) is 4.79. The van der Waals surface area contributed by atoms with E-state index in [9.17, 15) is 4.79 Å². The van der Waals surface area contributed by atoms with E-state index in [2.05, 4.69) is 13.0 Å². The number of carbonyl (C=O) groups is 1. The minimum absolute atomic E-state index is 0.459. The third-order valence-corrected chi connectivity index (χ3v) is 4.00. The SMILES string of the molecule is CC1=CCCC(CC=CC(=O)O)C12CC2. The van der Waals surface area contributed by atoms with Crippen molar-refractivity contribution in [1.29, 1.82) is 0 Å². The van der Waals surface area contributed by atoms with Gasteiger partial charge in [-0.15, -0.1) is 0 Å². The average molecular weight is 206 g/mol. The molecule has 0 heterocycles. The largest absolute Gasteiger partial charge is 0.478 e. The molecule has 0 aromatic carbocycles. The van der Waals surface area contributed by atoms with Gasteiger partial charge in [-0.2, -0.15) is 0 Å². The Hall–Kier alpha value is -1.05. The molecule has 2 nitrogen and oxygen atoms in total. The number of carboxylic acid groups (broad SMARTS) is 1. The van der Waals surface area contributed by atoms with Crippen molar-refractivity contribution in [1.82, 2.24) is 0 Å². The molecular formula is C13H18O2. The van der Waals surface area contributed by atoms with E-state index in [4.69, 9.17) is 5.11 Å². The Balaban J connectivity index is 1.99. The van der Waals surface area contributed by atoms with Crippen molar-refractivity contribution in [3.8, 4) is 0 Å². The molecule has 0 saturated heterocycles. The molecular weight excluding hydrogens is 188 g/mol. The van der Waals surface area contributed by atoms with E-state index in [0.29, 0.717) is 11.3 Å². The average Bonchev–Trinajstić information content (AvgIpc) is 2.94. The Labute approximate surface area is 90.7 Å². The van der Waals surface area contributed by atoms with Gasteiger partial charge in [-0.25, -0.2) is 4.79 Å². The summed E-state index contributed by atoms with van der Waals surface area (Å²) >= 11 is 0. The van der Waals surface area contributed by atoms with E-state index in [0.717, 1.165) is 6.42 Å². The summed E-state index contributed by atoms with van der Waals surface area (Å²) in [4.78, 5) is 10.4. The van der Waals surface area contributed by atoms with Gasteiger partial charge in [-0.1, -0.05) is 17.7 Å². The lowest BCUT2D eigenvalue weighted by Crippen LogP contribution is -2.20. The number of hydrogen-bond donors (Lipinski definition) is 1. The van der Waals surface area contributed by atoms with Gasteiger partial charge in [0.25, 0.3) is 0 Å². The standard InChI is InChI=1S/C13H18O2/c1-10-4-2-5-11(13(10)8-9-13)6-3-7-12(14)15/h3-4,7,11H,2,5-6,8-9H2,1H3,(H,14,15). The predicted octanol–water partition coefficient (Wildman–Crippen LogP) is 3.15. The molecule has 1 saturated carbocycles. The molecule has 15 heavy (non-hydrogen) atoms. The highest BCUT2D eigenvalue weighted by Gasteiger charge is 2.50. The third kappa shape index (κ3) is 1.99. The van der Waals surface area contributed by atoms with Crippen molar-refractivity contribution >= 4 is 5.97 Å². The summed E-state index contributed by atoms with van der Waals surface area (Å²) in [5.41, 5.74) is 2.00. The number of carboxylic acids is 1. The lowest BCUT2D eigenvalue weighted by atomic mass is 9.74. The van der Waals surface area contributed by atoms with Crippen molar-refractivity contribution in [3.63, 3.8) is 0 Å². The summed E-state index contributed by atoms with van der Waals surface area (Å²) in [5, 5.41) is 8.54. The van der Waals surface area contributed by atoms with Crippen LogP contribution in [0.4, 0.5) is 0 Å². The van der Waals surface area contributed by atoms with E-state index in [1.165, 1.54) is 31.8 Å². The monoisotopic (exact) mass is 206 g/mol. The van der Waals surface area contributed by atoms with Crippen LogP contribution < -0.4 is 0 Å². The first-order valence-electron chi connectivity index (χ1n) is 5.72. The highest BCUT2D eigenvalue weighted by Crippen LogP contribution is 2.61. The van der Waals surface area contributed by atoms with Crippen LogP contribution >= 0.6 is 0 Å². The maximum Gasteiger partial charge on any atom is 0.327 e. The van der Waals surface area contributed by atoms with Crippen LogP contribution in [0.2, 0.25) is 0 Å². The minimum Gasteiger partial charge on any atom is -0.478 e. The molecule has 2 aliphatic rings. The van der Waals surface area contributed by atoms with E-state index >= 15 is 0 Å². The molecule has 1 unspecified atom stereocenters. The van der Waals surface area contributed by atoms with Crippen LogP contribution in [0.1, 0.15) is 39.0 Å². The summed E-state index contributed by atoms with van der Waals surface area (Å²) in [6.45, 7) is 2.24. The number of rotatable bonds is 3.